The molecule has 2 aliphatic heterocycles. The highest BCUT2D eigenvalue weighted by Gasteiger charge is 2.55. The molecule has 3 aromatic rings. The first-order valence-electron chi connectivity index (χ1n) is 11.0. The first-order valence-corrected chi connectivity index (χ1v) is 11.0. The molecule has 32 heavy (non-hydrogen) atoms. The number of hydrogen-bond acceptors (Lipinski definition) is 4. The molecule has 0 radical (unpaired) electrons. The number of carbonyl (C=O) groups is 1. The molecule has 2 unspecified atom stereocenters. The quantitative estimate of drug-likeness (QED) is 0.587. The zero-order chi connectivity index (χ0) is 22.7. The van der Waals surface area contributed by atoms with Crippen molar-refractivity contribution >= 4 is 17.3 Å². The smallest absolute Gasteiger partial charge is 0.260 e. The Labute approximate surface area is 188 Å². The summed E-state index contributed by atoms with van der Waals surface area (Å²) in [5, 5.41) is 11.0. The second-order valence-electron chi connectivity index (χ2n) is 9.65. The Hall–Kier alpha value is -3.41. The molecule has 0 bridgehead atoms. The zero-order valence-electron chi connectivity index (χ0n) is 19.2. The second-order valence-corrected chi connectivity index (χ2v) is 9.65. The molecule has 2 atom stereocenters. The number of hydrogen-bond donors (Lipinski definition) is 0. The van der Waals surface area contributed by atoms with Crippen molar-refractivity contribution in [2.75, 3.05) is 5.01 Å². The summed E-state index contributed by atoms with van der Waals surface area (Å²) in [6.45, 7) is 10.4. The van der Waals surface area contributed by atoms with Crippen molar-refractivity contribution in [2.24, 2.45) is 11.0 Å². The zero-order valence-corrected chi connectivity index (χ0v) is 19.2. The van der Waals surface area contributed by atoms with Crippen molar-refractivity contribution in [1.29, 1.82) is 0 Å². The minimum Gasteiger partial charge on any atom is -0.470 e. The van der Waals surface area contributed by atoms with Crippen molar-refractivity contribution in [1.82, 2.24) is 9.78 Å². The summed E-state index contributed by atoms with van der Waals surface area (Å²) in [6, 6.07) is 19.5. The Bertz CT molecular complexity index is 1210. The van der Waals surface area contributed by atoms with Crippen molar-refractivity contribution in [3.05, 3.63) is 71.9 Å². The predicted octanol–water partition coefficient (Wildman–Crippen LogP) is 5.04. The van der Waals surface area contributed by atoms with E-state index in [1.807, 2.05) is 86.1 Å². The van der Waals surface area contributed by atoms with Gasteiger partial charge in [-0.15, -0.1) is 0 Å². The van der Waals surface area contributed by atoms with Gasteiger partial charge in [-0.2, -0.15) is 10.2 Å². The monoisotopic (exact) mass is 428 g/mol. The number of benzene rings is 2. The second kappa shape index (κ2) is 7.05. The van der Waals surface area contributed by atoms with Crippen LogP contribution in [0.25, 0.3) is 5.69 Å². The van der Waals surface area contributed by atoms with Gasteiger partial charge >= 0.3 is 0 Å². The molecule has 1 aromatic heterocycles. The Kier molecular flexibility index (Phi) is 4.52. The summed E-state index contributed by atoms with van der Waals surface area (Å²) in [5.74, 6) is 0.179. The maximum Gasteiger partial charge on any atom is 0.260 e. The summed E-state index contributed by atoms with van der Waals surface area (Å²) >= 11 is 0. The average molecular weight is 429 g/mol. The molecule has 5 rings (SSSR count). The van der Waals surface area contributed by atoms with Gasteiger partial charge in [0, 0.05) is 11.0 Å². The molecule has 0 aliphatic carbocycles. The Balaban J connectivity index is 1.58. The fourth-order valence-corrected chi connectivity index (χ4v) is 5.53. The lowest BCUT2D eigenvalue weighted by Gasteiger charge is -2.45. The largest absolute Gasteiger partial charge is 0.470 e. The van der Waals surface area contributed by atoms with Crippen LogP contribution in [-0.2, 0) is 10.2 Å². The minimum atomic E-state index is -0.760. The lowest BCUT2D eigenvalue weighted by molar-refractivity contribution is -0.126. The van der Waals surface area contributed by atoms with Gasteiger partial charge < -0.3 is 4.74 Å². The molecule has 0 saturated carbocycles. The molecule has 2 aliphatic rings. The van der Waals surface area contributed by atoms with E-state index in [9.17, 15) is 4.79 Å². The lowest BCUT2D eigenvalue weighted by Crippen LogP contribution is -2.54. The van der Waals surface area contributed by atoms with E-state index in [2.05, 4.69) is 18.9 Å². The highest BCUT2D eigenvalue weighted by atomic mass is 16.5. The van der Waals surface area contributed by atoms with Crippen LogP contribution in [0.15, 0.2) is 65.8 Å². The maximum atomic E-state index is 13.6. The van der Waals surface area contributed by atoms with E-state index >= 15 is 0 Å². The molecule has 0 spiro atoms. The number of fused-ring (bicyclic) bond motifs is 1. The highest BCUT2D eigenvalue weighted by Crippen LogP contribution is 2.50. The normalized spacial score (nSPS) is 24.2. The van der Waals surface area contributed by atoms with Crippen molar-refractivity contribution < 1.29 is 9.53 Å². The Morgan fingerprint density at radius 2 is 1.53 bits per heavy atom. The van der Waals surface area contributed by atoms with Crippen LogP contribution in [0.5, 0.6) is 5.88 Å². The minimum absolute atomic E-state index is 0.0575. The molecule has 3 heterocycles. The molecule has 1 amide bonds. The number of aryl methyl sites for hydroxylation is 1. The van der Waals surface area contributed by atoms with Crippen LogP contribution in [0.1, 0.15) is 45.4 Å². The number of hydrazone groups is 1. The third-order valence-corrected chi connectivity index (χ3v) is 6.56. The van der Waals surface area contributed by atoms with E-state index < -0.39 is 11.5 Å². The van der Waals surface area contributed by atoms with E-state index in [1.165, 1.54) is 5.01 Å². The summed E-state index contributed by atoms with van der Waals surface area (Å²) in [6.07, 6.45) is 0.681. The molecular weight excluding hydrogens is 400 g/mol. The summed E-state index contributed by atoms with van der Waals surface area (Å²) in [7, 11) is 0. The molecule has 0 fully saturated rings. The molecule has 6 heteroatoms. The first-order chi connectivity index (χ1) is 15.2. The Morgan fingerprint density at radius 1 is 0.938 bits per heavy atom. The summed E-state index contributed by atoms with van der Waals surface area (Å²) in [4.78, 5) is 13.6. The predicted molar refractivity (Wildman–Crippen MR) is 126 cm³/mol. The number of rotatable bonds is 3. The van der Waals surface area contributed by atoms with Crippen LogP contribution in [-0.4, -0.2) is 27.0 Å². The Morgan fingerprint density at radius 3 is 2.16 bits per heavy atom. The standard InChI is InChI=1S/C26H28N4O2/c1-17-21(23(31)29(27-17)19-12-8-6-9-13-19)26(5)16-25(3,4)22-18(2)28-30(24(22)32-26)20-14-10-7-11-15-20/h6-15,21H,16H2,1-5H3. The van der Waals surface area contributed by atoms with Gasteiger partial charge in [-0.05, 0) is 51.5 Å². The van der Waals surface area contributed by atoms with Crippen LogP contribution in [0.2, 0.25) is 0 Å². The first kappa shape index (κ1) is 20.5. The third kappa shape index (κ3) is 3.05. The molecular formula is C26H28N4O2. The van der Waals surface area contributed by atoms with Gasteiger partial charge in [0.25, 0.3) is 5.91 Å². The van der Waals surface area contributed by atoms with Crippen LogP contribution < -0.4 is 9.75 Å². The van der Waals surface area contributed by atoms with E-state index in [0.717, 1.165) is 28.3 Å². The average Bonchev–Trinajstić information content (AvgIpc) is 3.25. The molecule has 2 aromatic carbocycles. The van der Waals surface area contributed by atoms with Crippen molar-refractivity contribution in [3.8, 4) is 11.6 Å². The fraction of sp³-hybridized carbons (Fsp3) is 0.346. The van der Waals surface area contributed by atoms with Crippen molar-refractivity contribution in [2.45, 2.75) is 52.1 Å². The third-order valence-electron chi connectivity index (χ3n) is 6.56. The molecule has 164 valence electrons. The maximum absolute atomic E-state index is 13.6. The lowest BCUT2D eigenvalue weighted by atomic mass is 9.68. The van der Waals surface area contributed by atoms with Crippen LogP contribution >= 0.6 is 0 Å². The molecule has 0 saturated heterocycles. The van der Waals surface area contributed by atoms with Crippen LogP contribution in [0, 0.1) is 12.8 Å². The van der Waals surface area contributed by atoms with E-state index in [0.29, 0.717) is 12.3 Å². The van der Waals surface area contributed by atoms with Gasteiger partial charge in [0.2, 0.25) is 5.88 Å². The van der Waals surface area contributed by atoms with Crippen LogP contribution in [0.3, 0.4) is 0 Å². The molecule has 0 N–H and O–H groups in total. The fourth-order valence-electron chi connectivity index (χ4n) is 5.53. The number of para-hydroxylation sites is 2. The summed E-state index contributed by atoms with van der Waals surface area (Å²) < 4.78 is 8.61. The van der Waals surface area contributed by atoms with Crippen molar-refractivity contribution in [3.63, 3.8) is 0 Å². The molecule has 6 nitrogen and oxygen atoms in total. The summed E-state index contributed by atoms with van der Waals surface area (Å²) in [5.41, 5.74) is 3.53. The van der Waals surface area contributed by atoms with Gasteiger partial charge in [0.15, 0.2) is 0 Å². The van der Waals surface area contributed by atoms with Gasteiger partial charge in [0.1, 0.15) is 11.5 Å². The van der Waals surface area contributed by atoms with Gasteiger partial charge in [-0.25, -0.2) is 9.69 Å². The number of carbonyl (C=O) groups excluding carboxylic acids is 1. The number of ether oxygens (including phenoxy) is 1. The number of nitrogens with zero attached hydrogens (tertiary/aromatic N) is 4. The number of aromatic nitrogens is 2. The number of anilines is 1. The topological polar surface area (TPSA) is 59.7 Å². The van der Waals surface area contributed by atoms with Gasteiger partial charge in [-0.3, -0.25) is 4.79 Å². The number of amides is 1. The van der Waals surface area contributed by atoms with Crippen LogP contribution in [0.4, 0.5) is 5.69 Å². The van der Waals surface area contributed by atoms with E-state index in [1.54, 1.807) is 0 Å². The van der Waals surface area contributed by atoms with Gasteiger partial charge in [-0.1, -0.05) is 50.2 Å². The van der Waals surface area contributed by atoms with Gasteiger partial charge in [0.05, 0.1) is 22.8 Å². The highest BCUT2D eigenvalue weighted by molar-refractivity contribution is 6.15. The SMILES string of the molecule is CC1=NN(c2ccccc2)C(=O)C1C1(C)CC(C)(C)c2c(C)nn(-c3ccccc3)c2O1. The van der Waals surface area contributed by atoms with E-state index in [-0.39, 0.29) is 11.3 Å². The van der Waals surface area contributed by atoms with E-state index in [4.69, 9.17) is 9.84 Å².